The van der Waals surface area contributed by atoms with Crippen molar-refractivity contribution in [3.63, 3.8) is 0 Å². The molecule has 2 aliphatic rings. The average molecular weight is 449 g/mol. The Morgan fingerprint density at radius 1 is 1.12 bits per heavy atom. The molecule has 4 heterocycles. The van der Waals surface area contributed by atoms with Gasteiger partial charge >= 0.3 is 0 Å². The van der Waals surface area contributed by atoms with E-state index in [9.17, 15) is 9.59 Å². The Morgan fingerprint density at radius 3 is 2.61 bits per heavy atom. The molecule has 0 saturated carbocycles. The number of β-lactam (4-membered cyclic amide) rings is 1. The van der Waals surface area contributed by atoms with E-state index in [2.05, 4.69) is 9.97 Å². The van der Waals surface area contributed by atoms with Crippen LogP contribution in [0, 0.1) is 0 Å². The maximum Gasteiger partial charge on any atom is 0.270 e. The molecule has 2 aromatic heterocycles. The van der Waals surface area contributed by atoms with Crippen molar-refractivity contribution in [2.75, 3.05) is 33.4 Å². The van der Waals surface area contributed by atoms with Crippen LogP contribution in [0.25, 0.3) is 10.9 Å². The van der Waals surface area contributed by atoms with Crippen LogP contribution in [0.2, 0.25) is 0 Å². The van der Waals surface area contributed by atoms with Crippen LogP contribution in [0.15, 0.2) is 54.9 Å². The number of hydrogen-bond donors (Lipinski definition) is 1. The second-order valence-corrected chi connectivity index (χ2v) is 8.55. The number of hydrogen-bond acceptors (Lipinski definition) is 5. The maximum atomic E-state index is 13.1. The average Bonchev–Trinajstić information content (AvgIpc) is 3.30. The molecule has 0 spiro atoms. The first kappa shape index (κ1) is 21.6. The fourth-order valence-corrected chi connectivity index (χ4v) is 4.91. The van der Waals surface area contributed by atoms with Crippen LogP contribution in [0.3, 0.4) is 0 Å². The summed E-state index contributed by atoms with van der Waals surface area (Å²) >= 11 is 0. The van der Waals surface area contributed by atoms with Gasteiger partial charge in [0, 0.05) is 49.5 Å². The van der Waals surface area contributed by atoms with Gasteiger partial charge in [0.2, 0.25) is 0 Å². The van der Waals surface area contributed by atoms with Gasteiger partial charge in [0.1, 0.15) is 5.69 Å². The minimum atomic E-state index is -0.506. The first-order valence-corrected chi connectivity index (χ1v) is 11.4. The fourth-order valence-electron chi connectivity index (χ4n) is 4.91. The standard InChI is InChI=1S/C25H28N4O4/c1-32-14-15-33-23-22(17-6-10-26-11-7-17)29(25(23)31)19-8-12-28(13-9-19)24(30)21-16-18-4-2-3-5-20(18)27-21/h2-7,10-11,16,19,22-23,27H,8-9,12-15H2,1H3/t22-,23+/m0/s1. The number of fused-ring (bicyclic) bond motifs is 1. The molecule has 2 amide bonds. The summed E-state index contributed by atoms with van der Waals surface area (Å²) in [5.41, 5.74) is 2.58. The minimum Gasteiger partial charge on any atom is -0.382 e. The lowest BCUT2D eigenvalue weighted by atomic mass is 9.86. The summed E-state index contributed by atoms with van der Waals surface area (Å²) in [4.78, 5) is 37.2. The van der Waals surface area contributed by atoms with Crippen LogP contribution in [0.5, 0.6) is 0 Å². The number of nitrogens with one attached hydrogen (secondary N) is 1. The van der Waals surface area contributed by atoms with Crippen molar-refractivity contribution >= 4 is 22.7 Å². The van der Waals surface area contributed by atoms with Crippen molar-refractivity contribution in [2.45, 2.75) is 31.0 Å². The number of methoxy groups -OCH3 is 1. The van der Waals surface area contributed by atoms with Gasteiger partial charge in [0.15, 0.2) is 6.10 Å². The molecule has 1 aromatic carbocycles. The third-order valence-electron chi connectivity index (χ3n) is 6.62. The lowest BCUT2D eigenvalue weighted by molar-refractivity contribution is -0.183. The van der Waals surface area contributed by atoms with Gasteiger partial charge in [-0.25, -0.2) is 0 Å². The number of rotatable bonds is 7. The van der Waals surface area contributed by atoms with Gasteiger partial charge in [0.05, 0.1) is 19.3 Å². The SMILES string of the molecule is COCCO[C@H]1C(=O)N(C2CCN(C(=O)c3cc4ccccc4[nH]3)CC2)[C@H]1c1ccncc1. The molecular weight excluding hydrogens is 420 g/mol. The lowest BCUT2D eigenvalue weighted by Gasteiger charge is -2.52. The lowest BCUT2D eigenvalue weighted by Crippen LogP contribution is -2.65. The predicted molar refractivity (Wildman–Crippen MR) is 123 cm³/mol. The summed E-state index contributed by atoms with van der Waals surface area (Å²) in [6.07, 6.45) is 4.45. The number of likely N-dealkylation sites (tertiary alicyclic amines) is 2. The number of pyridine rings is 1. The highest BCUT2D eigenvalue weighted by Gasteiger charge is 2.52. The van der Waals surface area contributed by atoms with Gasteiger partial charge in [-0.15, -0.1) is 0 Å². The van der Waals surface area contributed by atoms with E-state index in [-0.39, 0.29) is 23.9 Å². The maximum absolute atomic E-state index is 13.1. The second-order valence-electron chi connectivity index (χ2n) is 8.55. The molecule has 1 N–H and O–H groups in total. The van der Waals surface area contributed by atoms with Gasteiger partial charge in [-0.2, -0.15) is 0 Å². The normalized spacial score (nSPS) is 21.4. The number of benzene rings is 1. The molecule has 33 heavy (non-hydrogen) atoms. The highest BCUT2D eigenvalue weighted by atomic mass is 16.5. The third-order valence-corrected chi connectivity index (χ3v) is 6.62. The Bertz CT molecular complexity index is 1090. The van der Waals surface area contributed by atoms with Crippen LogP contribution in [0.4, 0.5) is 0 Å². The molecule has 0 unspecified atom stereocenters. The Kier molecular flexibility index (Phi) is 6.11. The van der Waals surface area contributed by atoms with E-state index in [4.69, 9.17) is 9.47 Å². The highest BCUT2D eigenvalue weighted by molar-refractivity contribution is 5.98. The number of piperidine rings is 1. The van der Waals surface area contributed by atoms with Crippen LogP contribution in [0.1, 0.15) is 34.9 Å². The van der Waals surface area contributed by atoms with E-state index in [0.717, 1.165) is 29.3 Å². The molecule has 8 nitrogen and oxygen atoms in total. The zero-order valence-electron chi connectivity index (χ0n) is 18.6. The largest absolute Gasteiger partial charge is 0.382 e. The van der Waals surface area contributed by atoms with Crippen LogP contribution >= 0.6 is 0 Å². The number of carbonyl (C=O) groups is 2. The molecule has 0 bridgehead atoms. The molecule has 2 saturated heterocycles. The molecule has 3 aromatic rings. The minimum absolute atomic E-state index is 0.00560. The monoisotopic (exact) mass is 448 g/mol. The summed E-state index contributed by atoms with van der Waals surface area (Å²) in [6, 6.07) is 13.6. The van der Waals surface area contributed by atoms with Crippen molar-refractivity contribution in [2.24, 2.45) is 0 Å². The van der Waals surface area contributed by atoms with Gasteiger partial charge in [-0.1, -0.05) is 18.2 Å². The van der Waals surface area contributed by atoms with Crippen LogP contribution in [-0.4, -0.2) is 77.1 Å². The number of ether oxygens (including phenoxy) is 2. The molecule has 0 aliphatic carbocycles. The fraction of sp³-hybridized carbons (Fsp3) is 0.400. The smallest absolute Gasteiger partial charge is 0.270 e. The first-order chi connectivity index (χ1) is 16.2. The van der Waals surface area contributed by atoms with E-state index in [1.807, 2.05) is 52.3 Å². The summed E-state index contributed by atoms with van der Waals surface area (Å²) in [6.45, 7) is 2.04. The molecular formula is C25H28N4O4. The summed E-state index contributed by atoms with van der Waals surface area (Å²) in [5.74, 6) is 0.0133. The van der Waals surface area contributed by atoms with Crippen molar-refractivity contribution < 1.29 is 19.1 Å². The molecule has 2 fully saturated rings. The van der Waals surface area contributed by atoms with Gasteiger partial charge in [-0.3, -0.25) is 14.6 Å². The van der Waals surface area contributed by atoms with Crippen molar-refractivity contribution in [1.29, 1.82) is 0 Å². The van der Waals surface area contributed by atoms with E-state index >= 15 is 0 Å². The first-order valence-electron chi connectivity index (χ1n) is 11.4. The molecule has 5 rings (SSSR count). The van der Waals surface area contributed by atoms with E-state index < -0.39 is 6.10 Å². The summed E-state index contributed by atoms with van der Waals surface area (Å²) < 4.78 is 10.9. The van der Waals surface area contributed by atoms with Crippen molar-refractivity contribution in [1.82, 2.24) is 19.8 Å². The number of amides is 2. The van der Waals surface area contributed by atoms with E-state index in [1.54, 1.807) is 19.5 Å². The third kappa shape index (κ3) is 4.12. The molecule has 172 valence electrons. The van der Waals surface area contributed by atoms with Gasteiger partial charge < -0.3 is 24.3 Å². The van der Waals surface area contributed by atoms with E-state index in [1.165, 1.54) is 0 Å². The van der Waals surface area contributed by atoms with Gasteiger partial charge in [0.25, 0.3) is 11.8 Å². The Morgan fingerprint density at radius 2 is 1.88 bits per heavy atom. The number of aromatic amines is 1. The molecule has 2 aliphatic heterocycles. The topological polar surface area (TPSA) is 87.8 Å². The van der Waals surface area contributed by atoms with Crippen LogP contribution < -0.4 is 0 Å². The predicted octanol–water partition coefficient (Wildman–Crippen LogP) is 2.78. The van der Waals surface area contributed by atoms with E-state index in [0.29, 0.717) is 32.0 Å². The van der Waals surface area contributed by atoms with Crippen molar-refractivity contribution in [3.05, 3.63) is 66.1 Å². The Hall–Kier alpha value is -3.23. The molecule has 0 radical (unpaired) electrons. The van der Waals surface area contributed by atoms with Crippen molar-refractivity contribution in [3.8, 4) is 0 Å². The summed E-state index contributed by atoms with van der Waals surface area (Å²) in [5, 5.41) is 1.03. The number of H-pyrrole nitrogens is 1. The summed E-state index contributed by atoms with van der Waals surface area (Å²) in [7, 11) is 1.61. The number of para-hydroxylation sites is 1. The highest BCUT2D eigenvalue weighted by Crippen LogP contribution is 2.40. The van der Waals surface area contributed by atoms with Gasteiger partial charge in [-0.05, 0) is 42.7 Å². The number of nitrogens with zero attached hydrogens (tertiary/aromatic N) is 3. The number of carbonyl (C=O) groups excluding carboxylic acids is 2. The Balaban J connectivity index is 1.26. The Labute approximate surface area is 192 Å². The zero-order valence-corrected chi connectivity index (χ0v) is 18.6. The second kappa shape index (κ2) is 9.33. The number of aromatic nitrogens is 2. The molecule has 2 atom stereocenters. The van der Waals surface area contributed by atoms with Crippen LogP contribution in [-0.2, 0) is 14.3 Å². The molecule has 8 heteroatoms. The zero-order chi connectivity index (χ0) is 22.8. The quantitative estimate of drug-likeness (QED) is 0.444.